The van der Waals surface area contributed by atoms with Crippen molar-refractivity contribution in [3.8, 4) is 11.5 Å². The van der Waals surface area contributed by atoms with E-state index in [1.165, 1.54) is 6.08 Å². The standard InChI is InChI=1S/C20H22N2O4/c1-14-5-4-6-15(2)20(14)26-13-19(24)22-21-18(23)12-9-16-7-10-17(25-3)11-8-16/h4-12H,13H2,1-3H3,(H,21,23)(H,22,24). The molecule has 0 saturated carbocycles. The van der Waals surface area contributed by atoms with Crippen molar-refractivity contribution in [1.82, 2.24) is 10.9 Å². The van der Waals surface area contributed by atoms with Crippen LogP contribution in [0.15, 0.2) is 48.5 Å². The zero-order valence-electron chi connectivity index (χ0n) is 15.0. The lowest BCUT2D eigenvalue weighted by Crippen LogP contribution is -2.43. The van der Waals surface area contributed by atoms with Gasteiger partial charge in [-0.05, 0) is 48.7 Å². The van der Waals surface area contributed by atoms with Crippen LogP contribution in [-0.4, -0.2) is 25.5 Å². The minimum Gasteiger partial charge on any atom is -0.497 e. The molecule has 0 aliphatic rings. The molecule has 0 unspecified atom stereocenters. The second-order valence-corrected chi connectivity index (χ2v) is 5.65. The van der Waals surface area contributed by atoms with E-state index in [1.807, 2.05) is 44.2 Å². The average Bonchev–Trinajstić information content (AvgIpc) is 2.64. The van der Waals surface area contributed by atoms with Crippen molar-refractivity contribution < 1.29 is 19.1 Å². The molecule has 0 saturated heterocycles. The first kappa shape index (κ1) is 19.1. The van der Waals surface area contributed by atoms with Gasteiger partial charge in [-0.15, -0.1) is 0 Å². The Morgan fingerprint density at radius 3 is 2.27 bits per heavy atom. The molecule has 2 N–H and O–H groups in total. The van der Waals surface area contributed by atoms with Gasteiger partial charge in [-0.25, -0.2) is 0 Å². The molecule has 0 fully saturated rings. The monoisotopic (exact) mass is 354 g/mol. The van der Waals surface area contributed by atoms with E-state index in [0.717, 1.165) is 22.4 Å². The van der Waals surface area contributed by atoms with E-state index in [1.54, 1.807) is 25.3 Å². The zero-order valence-corrected chi connectivity index (χ0v) is 15.0. The molecule has 2 aromatic carbocycles. The van der Waals surface area contributed by atoms with Crippen LogP contribution in [0.25, 0.3) is 6.08 Å². The van der Waals surface area contributed by atoms with Crippen molar-refractivity contribution in [3.05, 3.63) is 65.2 Å². The summed E-state index contributed by atoms with van der Waals surface area (Å²) in [4.78, 5) is 23.5. The fraction of sp³-hybridized carbons (Fsp3) is 0.200. The second kappa shape index (κ2) is 9.27. The van der Waals surface area contributed by atoms with Gasteiger partial charge in [0.25, 0.3) is 11.8 Å². The molecule has 0 radical (unpaired) electrons. The molecule has 6 heteroatoms. The molecule has 2 aromatic rings. The van der Waals surface area contributed by atoms with Crippen LogP contribution >= 0.6 is 0 Å². The van der Waals surface area contributed by atoms with Gasteiger partial charge in [0.15, 0.2) is 6.61 Å². The van der Waals surface area contributed by atoms with Gasteiger partial charge in [-0.2, -0.15) is 0 Å². The molecule has 0 aliphatic carbocycles. The first-order chi connectivity index (χ1) is 12.5. The molecular formula is C20H22N2O4. The molecule has 2 amide bonds. The van der Waals surface area contributed by atoms with Gasteiger partial charge in [0.05, 0.1) is 7.11 Å². The Labute approximate surface area is 152 Å². The average molecular weight is 354 g/mol. The predicted molar refractivity (Wildman–Crippen MR) is 99.7 cm³/mol. The maximum absolute atomic E-state index is 11.8. The third kappa shape index (κ3) is 5.66. The number of ether oxygens (including phenoxy) is 2. The first-order valence-corrected chi connectivity index (χ1v) is 8.09. The molecule has 26 heavy (non-hydrogen) atoms. The lowest BCUT2D eigenvalue weighted by Gasteiger charge is -2.11. The van der Waals surface area contributed by atoms with Crippen LogP contribution in [0.4, 0.5) is 0 Å². The predicted octanol–water partition coefficient (Wildman–Crippen LogP) is 2.55. The lowest BCUT2D eigenvalue weighted by molar-refractivity contribution is -0.128. The van der Waals surface area contributed by atoms with Gasteiger partial charge in [-0.3, -0.25) is 20.4 Å². The molecule has 6 nitrogen and oxygen atoms in total. The number of nitrogens with one attached hydrogen (secondary N) is 2. The number of para-hydroxylation sites is 1. The van der Waals surface area contributed by atoms with E-state index >= 15 is 0 Å². The first-order valence-electron chi connectivity index (χ1n) is 8.09. The highest BCUT2D eigenvalue weighted by molar-refractivity contribution is 5.93. The minimum atomic E-state index is -0.446. The summed E-state index contributed by atoms with van der Waals surface area (Å²) in [6.07, 6.45) is 2.96. The van der Waals surface area contributed by atoms with Crippen LogP contribution in [0.5, 0.6) is 11.5 Å². The number of aryl methyl sites for hydroxylation is 2. The number of benzene rings is 2. The van der Waals surface area contributed by atoms with Gasteiger partial charge in [0, 0.05) is 6.08 Å². The van der Waals surface area contributed by atoms with E-state index in [4.69, 9.17) is 9.47 Å². The zero-order chi connectivity index (χ0) is 18.9. The third-order valence-corrected chi connectivity index (χ3v) is 3.62. The molecule has 2 rings (SSSR count). The van der Waals surface area contributed by atoms with Crippen molar-refractivity contribution in [3.63, 3.8) is 0 Å². The topological polar surface area (TPSA) is 76.7 Å². The van der Waals surface area contributed by atoms with Crippen LogP contribution in [0.2, 0.25) is 0 Å². The Hall–Kier alpha value is -3.28. The summed E-state index contributed by atoms with van der Waals surface area (Å²) in [7, 11) is 1.59. The number of amides is 2. The van der Waals surface area contributed by atoms with E-state index < -0.39 is 11.8 Å². The van der Waals surface area contributed by atoms with Crippen LogP contribution in [-0.2, 0) is 9.59 Å². The summed E-state index contributed by atoms with van der Waals surface area (Å²) < 4.78 is 10.6. The quantitative estimate of drug-likeness (QED) is 0.617. The Balaban J connectivity index is 1.77. The maximum Gasteiger partial charge on any atom is 0.276 e. The highest BCUT2D eigenvalue weighted by atomic mass is 16.5. The van der Waals surface area contributed by atoms with Crippen molar-refractivity contribution >= 4 is 17.9 Å². The summed E-state index contributed by atoms with van der Waals surface area (Å²) in [5.74, 6) is 0.524. The van der Waals surface area contributed by atoms with Crippen LogP contribution in [0.1, 0.15) is 16.7 Å². The van der Waals surface area contributed by atoms with Crippen LogP contribution in [0.3, 0.4) is 0 Å². The largest absolute Gasteiger partial charge is 0.497 e. The molecule has 0 bridgehead atoms. The van der Waals surface area contributed by atoms with Gasteiger partial charge < -0.3 is 9.47 Å². The lowest BCUT2D eigenvalue weighted by atomic mass is 10.1. The summed E-state index contributed by atoms with van der Waals surface area (Å²) in [6.45, 7) is 3.63. The van der Waals surface area contributed by atoms with Gasteiger partial charge in [-0.1, -0.05) is 30.3 Å². The van der Waals surface area contributed by atoms with Gasteiger partial charge in [0.2, 0.25) is 0 Å². The molecule has 0 heterocycles. The highest BCUT2D eigenvalue weighted by Gasteiger charge is 2.07. The Morgan fingerprint density at radius 1 is 1.00 bits per heavy atom. The maximum atomic E-state index is 11.8. The van der Waals surface area contributed by atoms with E-state index in [2.05, 4.69) is 10.9 Å². The fourth-order valence-corrected chi connectivity index (χ4v) is 2.26. The van der Waals surface area contributed by atoms with E-state index in [9.17, 15) is 9.59 Å². The summed E-state index contributed by atoms with van der Waals surface area (Å²) in [5, 5.41) is 0. The minimum absolute atomic E-state index is 0.186. The van der Waals surface area contributed by atoms with E-state index in [0.29, 0.717) is 5.75 Å². The Morgan fingerprint density at radius 2 is 1.65 bits per heavy atom. The second-order valence-electron chi connectivity index (χ2n) is 5.65. The number of methoxy groups -OCH3 is 1. The van der Waals surface area contributed by atoms with Crippen LogP contribution < -0.4 is 20.3 Å². The van der Waals surface area contributed by atoms with Crippen molar-refractivity contribution in [2.45, 2.75) is 13.8 Å². The number of carbonyl (C=O) groups is 2. The molecule has 136 valence electrons. The highest BCUT2D eigenvalue weighted by Crippen LogP contribution is 2.21. The van der Waals surface area contributed by atoms with Crippen molar-refractivity contribution in [1.29, 1.82) is 0 Å². The Kier molecular flexibility index (Phi) is 6.79. The molecule has 0 aliphatic heterocycles. The smallest absolute Gasteiger partial charge is 0.276 e. The van der Waals surface area contributed by atoms with Crippen LogP contribution in [0, 0.1) is 13.8 Å². The van der Waals surface area contributed by atoms with E-state index in [-0.39, 0.29) is 6.61 Å². The number of hydrogen-bond acceptors (Lipinski definition) is 4. The van der Waals surface area contributed by atoms with Crippen molar-refractivity contribution in [2.24, 2.45) is 0 Å². The molecule has 0 aromatic heterocycles. The van der Waals surface area contributed by atoms with Gasteiger partial charge in [0.1, 0.15) is 11.5 Å². The normalized spacial score (nSPS) is 10.4. The molecular weight excluding hydrogens is 332 g/mol. The third-order valence-electron chi connectivity index (χ3n) is 3.62. The SMILES string of the molecule is COc1ccc(C=CC(=O)NNC(=O)COc2c(C)cccc2C)cc1. The fourth-order valence-electron chi connectivity index (χ4n) is 2.26. The summed E-state index contributed by atoms with van der Waals surface area (Å²) in [5.41, 5.74) is 7.36. The van der Waals surface area contributed by atoms with Gasteiger partial charge >= 0.3 is 0 Å². The Bertz CT molecular complexity index is 778. The molecule has 0 atom stereocenters. The number of rotatable bonds is 6. The summed E-state index contributed by atoms with van der Waals surface area (Å²) in [6, 6.07) is 13.0. The number of hydrazine groups is 1. The number of hydrogen-bond donors (Lipinski definition) is 2. The number of carbonyl (C=O) groups excluding carboxylic acids is 2. The summed E-state index contributed by atoms with van der Waals surface area (Å²) >= 11 is 0. The van der Waals surface area contributed by atoms with Crippen molar-refractivity contribution in [2.75, 3.05) is 13.7 Å². The molecule has 0 spiro atoms.